The number of rotatable bonds is 5. The van der Waals surface area contributed by atoms with Crippen LogP contribution in [0.15, 0.2) is 18.2 Å². The minimum absolute atomic E-state index is 0.149. The molecule has 0 heterocycles. The fourth-order valence-corrected chi connectivity index (χ4v) is 2.73. The molecule has 0 spiro atoms. The summed E-state index contributed by atoms with van der Waals surface area (Å²) in [6.07, 6.45) is 2.11. The smallest absolute Gasteiger partial charge is 0.308 e. The van der Waals surface area contributed by atoms with E-state index in [9.17, 15) is 9.59 Å². The van der Waals surface area contributed by atoms with Crippen molar-refractivity contribution < 1.29 is 19.4 Å². The topological polar surface area (TPSA) is 75.6 Å². The van der Waals surface area contributed by atoms with Crippen LogP contribution in [0.25, 0.3) is 0 Å². The minimum Gasteiger partial charge on any atom is -0.483 e. The number of benzene rings is 1. The van der Waals surface area contributed by atoms with Crippen molar-refractivity contribution in [2.75, 3.05) is 6.61 Å². The van der Waals surface area contributed by atoms with Crippen molar-refractivity contribution in [1.82, 2.24) is 5.32 Å². The van der Waals surface area contributed by atoms with Gasteiger partial charge in [-0.15, -0.1) is 0 Å². The largest absolute Gasteiger partial charge is 0.483 e. The Hall–Kier alpha value is -1.75. The number of aliphatic carboxylic acids is 1. The highest BCUT2D eigenvalue weighted by Crippen LogP contribution is 2.26. The number of carboxylic acid groups (broad SMARTS) is 1. The second-order valence-corrected chi connectivity index (χ2v) is 5.61. The fraction of sp³-hybridized carbons (Fsp3) is 0.467. The van der Waals surface area contributed by atoms with Crippen molar-refractivity contribution in [3.63, 3.8) is 0 Å². The summed E-state index contributed by atoms with van der Waals surface area (Å²) in [5, 5.41) is 12.4. The lowest BCUT2D eigenvalue weighted by Gasteiger charge is -2.18. The van der Waals surface area contributed by atoms with Gasteiger partial charge in [0.05, 0.1) is 5.92 Å². The number of hydrogen-bond acceptors (Lipinski definition) is 3. The number of carboxylic acids is 1. The van der Waals surface area contributed by atoms with Gasteiger partial charge in [-0.05, 0) is 31.9 Å². The average molecular weight is 312 g/mol. The van der Waals surface area contributed by atoms with Gasteiger partial charge < -0.3 is 15.2 Å². The summed E-state index contributed by atoms with van der Waals surface area (Å²) in [7, 11) is 0. The Labute approximate surface area is 128 Å². The van der Waals surface area contributed by atoms with Gasteiger partial charge >= 0.3 is 5.97 Å². The van der Waals surface area contributed by atoms with Crippen LogP contribution in [-0.2, 0) is 9.59 Å². The van der Waals surface area contributed by atoms with E-state index in [1.165, 1.54) is 0 Å². The molecule has 0 radical (unpaired) electrons. The molecule has 1 aliphatic rings. The van der Waals surface area contributed by atoms with Gasteiger partial charge in [0.2, 0.25) is 0 Å². The molecule has 1 saturated carbocycles. The fourth-order valence-electron chi connectivity index (χ4n) is 2.56. The van der Waals surface area contributed by atoms with E-state index in [1.54, 1.807) is 18.2 Å². The predicted molar refractivity (Wildman–Crippen MR) is 78.6 cm³/mol. The number of halogens is 1. The van der Waals surface area contributed by atoms with Gasteiger partial charge in [-0.3, -0.25) is 9.59 Å². The molecular formula is C15H18ClNO4. The number of amides is 1. The van der Waals surface area contributed by atoms with E-state index in [4.69, 9.17) is 21.4 Å². The highest BCUT2D eigenvalue weighted by Gasteiger charge is 2.33. The van der Waals surface area contributed by atoms with Crippen LogP contribution in [-0.4, -0.2) is 29.6 Å². The van der Waals surface area contributed by atoms with Gasteiger partial charge in [-0.1, -0.05) is 24.1 Å². The second-order valence-electron chi connectivity index (χ2n) is 5.20. The molecule has 0 saturated heterocycles. The number of hydrogen-bond donors (Lipinski definition) is 2. The summed E-state index contributed by atoms with van der Waals surface area (Å²) < 4.78 is 5.44. The molecule has 1 fully saturated rings. The highest BCUT2D eigenvalue weighted by atomic mass is 35.5. The Morgan fingerprint density at radius 1 is 1.43 bits per heavy atom. The molecule has 0 aliphatic heterocycles. The van der Waals surface area contributed by atoms with Crippen LogP contribution in [0.2, 0.25) is 5.02 Å². The third kappa shape index (κ3) is 3.88. The SMILES string of the molecule is Cc1c(Cl)cccc1OCC(=O)N[C@@H]1CCC[C@@H]1C(=O)O. The van der Waals surface area contributed by atoms with Crippen LogP contribution < -0.4 is 10.1 Å². The molecule has 2 N–H and O–H groups in total. The molecule has 1 aromatic rings. The lowest BCUT2D eigenvalue weighted by molar-refractivity contribution is -0.142. The molecule has 2 atom stereocenters. The number of ether oxygens (including phenoxy) is 1. The van der Waals surface area contributed by atoms with Gasteiger partial charge in [0, 0.05) is 16.6 Å². The Morgan fingerprint density at radius 3 is 2.90 bits per heavy atom. The highest BCUT2D eigenvalue weighted by molar-refractivity contribution is 6.31. The van der Waals surface area contributed by atoms with Gasteiger partial charge in [0.25, 0.3) is 5.91 Å². The predicted octanol–water partition coefficient (Wildman–Crippen LogP) is 2.40. The maximum Gasteiger partial charge on any atom is 0.308 e. The first kappa shape index (κ1) is 15.6. The first-order valence-corrected chi connectivity index (χ1v) is 7.27. The quantitative estimate of drug-likeness (QED) is 0.875. The molecule has 1 amide bonds. The van der Waals surface area contributed by atoms with E-state index >= 15 is 0 Å². The van der Waals surface area contributed by atoms with Crippen molar-refractivity contribution in [1.29, 1.82) is 0 Å². The summed E-state index contributed by atoms with van der Waals surface area (Å²) in [5.74, 6) is -1.11. The Balaban J connectivity index is 1.88. The standard InChI is InChI=1S/C15H18ClNO4/c1-9-11(16)5-3-7-13(9)21-8-14(18)17-12-6-2-4-10(12)15(19)20/h3,5,7,10,12H,2,4,6,8H2,1H3,(H,17,18)(H,19,20)/t10-,12+/m0/s1. The summed E-state index contributed by atoms with van der Waals surface area (Å²) >= 11 is 5.97. The molecule has 2 rings (SSSR count). The van der Waals surface area contributed by atoms with Gasteiger partial charge in [-0.2, -0.15) is 0 Å². The van der Waals surface area contributed by atoms with Crippen molar-refractivity contribution in [3.8, 4) is 5.75 Å². The summed E-state index contributed by atoms with van der Waals surface area (Å²) in [5.41, 5.74) is 0.774. The molecule has 0 bridgehead atoms. The molecular weight excluding hydrogens is 294 g/mol. The van der Waals surface area contributed by atoms with Crippen LogP contribution >= 0.6 is 11.6 Å². The number of carbonyl (C=O) groups excluding carboxylic acids is 1. The van der Waals surface area contributed by atoms with Crippen LogP contribution in [0.3, 0.4) is 0 Å². The Kier molecular flexibility index (Phi) is 5.07. The van der Waals surface area contributed by atoms with Gasteiger partial charge in [-0.25, -0.2) is 0 Å². The van der Waals surface area contributed by atoms with Crippen molar-refractivity contribution in [2.24, 2.45) is 5.92 Å². The van der Waals surface area contributed by atoms with Gasteiger partial charge in [0.1, 0.15) is 5.75 Å². The third-order valence-electron chi connectivity index (χ3n) is 3.76. The minimum atomic E-state index is -0.857. The van der Waals surface area contributed by atoms with E-state index in [1.807, 2.05) is 6.92 Å². The van der Waals surface area contributed by atoms with Crippen LogP contribution in [0, 0.1) is 12.8 Å². The van der Waals surface area contributed by atoms with Crippen LogP contribution in [0.4, 0.5) is 0 Å². The molecule has 0 unspecified atom stereocenters. The maximum atomic E-state index is 11.9. The summed E-state index contributed by atoms with van der Waals surface area (Å²) in [4.78, 5) is 22.9. The molecule has 114 valence electrons. The lowest BCUT2D eigenvalue weighted by atomic mass is 10.0. The summed E-state index contributed by atoms with van der Waals surface area (Å²) in [6, 6.07) is 4.93. The van der Waals surface area contributed by atoms with Gasteiger partial charge in [0.15, 0.2) is 6.61 Å². The zero-order chi connectivity index (χ0) is 15.4. The first-order chi connectivity index (χ1) is 9.99. The van der Waals surface area contributed by atoms with Crippen LogP contribution in [0.5, 0.6) is 5.75 Å². The summed E-state index contributed by atoms with van der Waals surface area (Å²) in [6.45, 7) is 1.66. The van der Waals surface area contributed by atoms with Crippen molar-refractivity contribution in [3.05, 3.63) is 28.8 Å². The van der Waals surface area contributed by atoms with Crippen molar-refractivity contribution >= 4 is 23.5 Å². The van der Waals surface area contributed by atoms with E-state index in [0.29, 0.717) is 23.6 Å². The number of nitrogens with one attached hydrogen (secondary N) is 1. The van der Waals surface area contributed by atoms with Crippen molar-refractivity contribution in [2.45, 2.75) is 32.2 Å². The molecule has 6 heteroatoms. The molecule has 21 heavy (non-hydrogen) atoms. The van der Waals surface area contributed by atoms with E-state index in [2.05, 4.69) is 5.32 Å². The lowest BCUT2D eigenvalue weighted by Crippen LogP contribution is -2.42. The number of carbonyl (C=O) groups is 2. The Bertz CT molecular complexity index is 546. The zero-order valence-electron chi connectivity index (χ0n) is 11.8. The second kappa shape index (κ2) is 6.80. The third-order valence-corrected chi connectivity index (χ3v) is 4.17. The van der Waals surface area contributed by atoms with Crippen LogP contribution in [0.1, 0.15) is 24.8 Å². The average Bonchev–Trinajstić information content (AvgIpc) is 2.88. The Morgan fingerprint density at radius 2 is 2.19 bits per heavy atom. The van der Waals surface area contributed by atoms with E-state index in [0.717, 1.165) is 12.0 Å². The molecule has 1 aliphatic carbocycles. The normalized spacial score (nSPS) is 21.0. The monoisotopic (exact) mass is 311 g/mol. The maximum absolute atomic E-state index is 11.9. The van der Waals surface area contributed by atoms with E-state index in [-0.39, 0.29) is 18.6 Å². The molecule has 0 aromatic heterocycles. The first-order valence-electron chi connectivity index (χ1n) is 6.89. The van der Waals surface area contributed by atoms with E-state index < -0.39 is 11.9 Å². The molecule has 5 nitrogen and oxygen atoms in total. The molecule has 1 aromatic carbocycles. The zero-order valence-corrected chi connectivity index (χ0v) is 12.5.